The Labute approximate surface area is 71.6 Å². The third-order valence-corrected chi connectivity index (χ3v) is 0. The van der Waals surface area contributed by atoms with Crippen LogP contribution < -0.4 is 0 Å². The van der Waals surface area contributed by atoms with Crippen LogP contribution in [0, 0.1) is 0 Å². The van der Waals surface area contributed by atoms with Gasteiger partial charge in [-0.25, -0.2) is 0 Å². The van der Waals surface area contributed by atoms with Gasteiger partial charge in [-0.3, -0.25) is 0 Å². The number of hydrogen-bond donors (Lipinski definition) is 0. The predicted octanol–water partition coefficient (Wildman–Crippen LogP) is -0.116. The Bertz CT molecular complexity index is 8.00. The van der Waals surface area contributed by atoms with E-state index >= 15 is 0 Å². The Morgan fingerprint density at radius 3 is 1.25 bits per heavy atom. The van der Waals surface area contributed by atoms with Crippen LogP contribution in [0.3, 0.4) is 0 Å². The Morgan fingerprint density at radius 2 is 1.25 bits per heavy atom. The summed E-state index contributed by atoms with van der Waals surface area (Å²) in [6.45, 7) is 0. The van der Waals surface area contributed by atoms with E-state index in [0.717, 1.165) is 20.6 Å². The SMILES string of the molecule is [Cu].[In].[S]=[Sn]. The van der Waals surface area contributed by atoms with Gasteiger partial charge in [0, 0.05) is 42.9 Å². The topological polar surface area (TPSA) is 0 Å². The summed E-state index contributed by atoms with van der Waals surface area (Å²) in [5, 5.41) is 0. The van der Waals surface area contributed by atoms with Crippen LogP contribution in [-0.4, -0.2) is 46.4 Å². The average molecular weight is 329 g/mol. The van der Waals surface area contributed by atoms with E-state index < -0.39 is 0 Å². The Kier molecular flexibility index (Phi) is 73.1. The molecule has 0 aliphatic heterocycles. The van der Waals surface area contributed by atoms with Gasteiger partial charge in [0.15, 0.2) is 0 Å². The molecule has 0 saturated carbocycles. The summed E-state index contributed by atoms with van der Waals surface area (Å²) >= 11 is 1.13. The fourth-order valence-electron chi connectivity index (χ4n) is 0. The number of hydrogen-bond acceptors (Lipinski definition) is 1. The molecule has 0 heterocycles. The van der Waals surface area contributed by atoms with Crippen molar-refractivity contribution < 1.29 is 17.1 Å². The summed E-state index contributed by atoms with van der Waals surface area (Å²) in [6.07, 6.45) is 0. The molecule has 0 aromatic carbocycles. The second-order valence-electron chi connectivity index (χ2n) is 0. The summed E-state index contributed by atoms with van der Waals surface area (Å²) < 4.78 is 0. The normalized spacial score (nSPS) is 1.00. The minimum atomic E-state index is 0. The average Bonchev–Trinajstić information content (AvgIpc) is 1.00. The first-order valence-corrected chi connectivity index (χ1v) is 4.11. The second-order valence-corrected chi connectivity index (χ2v) is 0. The van der Waals surface area contributed by atoms with Crippen molar-refractivity contribution in [2.75, 3.05) is 0 Å². The van der Waals surface area contributed by atoms with E-state index in [1.807, 2.05) is 0 Å². The quantitative estimate of drug-likeness (QED) is 0.559. The van der Waals surface area contributed by atoms with Gasteiger partial charge in [-0.1, -0.05) is 0 Å². The molecule has 0 unspecified atom stereocenters. The van der Waals surface area contributed by atoms with Gasteiger partial charge < -0.3 is 0 Å². The van der Waals surface area contributed by atoms with Crippen molar-refractivity contribution in [3.8, 4) is 0 Å². The fourth-order valence-corrected chi connectivity index (χ4v) is 0. The van der Waals surface area contributed by atoms with Gasteiger partial charge in [-0.15, -0.1) is 0 Å². The van der Waals surface area contributed by atoms with Crippen LogP contribution in [0.25, 0.3) is 0 Å². The zero-order chi connectivity index (χ0) is 2.00. The van der Waals surface area contributed by atoms with Crippen LogP contribution in [0.4, 0.5) is 0 Å². The van der Waals surface area contributed by atoms with Crippen LogP contribution in [0.5, 0.6) is 0 Å². The molecule has 0 aromatic rings. The van der Waals surface area contributed by atoms with Crippen molar-refractivity contribution in [2.45, 2.75) is 0 Å². The molecule has 0 aromatic heterocycles. The van der Waals surface area contributed by atoms with Crippen molar-refractivity contribution in [3.63, 3.8) is 0 Å². The van der Waals surface area contributed by atoms with Gasteiger partial charge in [-0.2, -0.15) is 0 Å². The molecule has 0 nitrogen and oxygen atoms in total. The standard InChI is InChI=1S/Cu.In.S.Sn. The first kappa shape index (κ1) is 16.1. The van der Waals surface area contributed by atoms with Crippen LogP contribution in [0.2, 0.25) is 0 Å². The molecule has 24 valence electrons. The second kappa shape index (κ2) is 18.1. The van der Waals surface area contributed by atoms with E-state index in [1.54, 1.807) is 0 Å². The van der Waals surface area contributed by atoms with E-state index in [0.29, 0.717) is 0 Å². The third-order valence-electron chi connectivity index (χ3n) is 0. The molecule has 0 aliphatic carbocycles. The molecule has 4 heavy (non-hydrogen) atoms. The van der Waals surface area contributed by atoms with E-state index in [9.17, 15) is 0 Å². The molecule has 4 heteroatoms. The summed E-state index contributed by atoms with van der Waals surface area (Å²) in [5.74, 6) is 0. The van der Waals surface area contributed by atoms with Crippen LogP contribution in [-0.2, 0) is 17.1 Å². The predicted molar refractivity (Wildman–Crippen MR) is 19.1 cm³/mol. The fraction of sp³-hybridized carbons (Fsp3) is 0. The molecular weight excluding hydrogens is 329 g/mol. The van der Waals surface area contributed by atoms with Crippen molar-refractivity contribution in [2.24, 2.45) is 0 Å². The van der Waals surface area contributed by atoms with Gasteiger partial charge in [0.2, 0.25) is 0 Å². The summed E-state index contributed by atoms with van der Waals surface area (Å²) in [4.78, 5) is 0. The molecule has 0 spiro atoms. The van der Waals surface area contributed by atoms with E-state index in [1.165, 1.54) is 0 Å². The minimum absolute atomic E-state index is 0. The van der Waals surface area contributed by atoms with Gasteiger partial charge in [0.05, 0.1) is 0 Å². The molecule has 0 fully saturated rings. The summed E-state index contributed by atoms with van der Waals surface area (Å²) in [6, 6.07) is 0. The molecule has 0 N–H and O–H groups in total. The van der Waals surface area contributed by atoms with Crippen LogP contribution >= 0.6 is 9.29 Å². The van der Waals surface area contributed by atoms with E-state index in [2.05, 4.69) is 9.29 Å². The Balaban J connectivity index is -0.00000000500. The summed E-state index contributed by atoms with van der Waals surface area (Å²) in [7, 11) is 4.17. The molecular formula is CuInSSn. The van der Waals surface area contributed by atoms with Gasteiger partial charge in [-0.05, 0) is 0 Å². The van der Waals surface area contributed by atoms with Crippen LogP contribution in [0.15, 0.2) is 0 Å². The van der Waals surface area contributed by atoms with Crippen molar-refractivity contribution in [3.05, 3.63) is 0 Å². The molecule has 0 rings (SSSR count). The number of rotatable bonds is 0. The molecule has 6 radical (unpaired) electrons. The molecule has 0 amide bonds. The molecule has 0 bridgehead atoms. The third kappa shape index (κ3) is 8.83. The molecule has 0 aliphatic rings. The van der Waals surface area contributed by atoms with Gasteiger partial charge >= 0.3 is 29.9 Å². The van der Waals surface area contributed by atoms with E-state index in [-0.39, 0.29) is 42.9 Å². The van der Waals surface area contributed by atoms with Gasteiger partial charge in [0.1, 0.15) is 0 Å². The molecule has 0 atom stereocenters. The Hall–Kier alpha value is 2.41. The Morgan fingerprint density at radius 1 is 1.25 bits per heavy atom. The zero-order valence-electron chi connectivity index (χ0n) is 1.79. The first-order valence-electron chi connectivity index (χ1n) is 0.204. The monoisotopic (exact) mass is 330 g/mol. The van der Waals surface area contributed by atoms with Crippen molar-refractivity contribution in [1.82, 2.24) is 0 Å². The van der Waals surface area contributed by atoms with Crippen molar-refractivity contribution in [1.29, 1.82) is 0 Å². The summed E-state index contributed by atoms with van der Waals surface area (Å²) in [5.41, 5.74) is 0. The van der Waals surface area contributed by atoms with Gasteiger partial charge in [0.25, 0.3) is 0 Å². The maximum atomic E-state index is 4.17. The van der Waals surface area contributed by atoms with E-state index in [4.69, 9.17) is 0 Å². The first-order chi connectivity index (χ1) is 1.00. The maximum absolute atomic E-state index is 4.17. The molecule has 0 saturated heterocycles. The van der Waals surface area contributed by atoms with Crippen molar-refractivity contribution >= 4 is 55.7 Å². The zero-order valence-corrected chi connectivity index (χ0v) is 9.69. The van der Waals surface area contributed by atoms with Crippen LogP contribution in [0.1, 0.15) is 0 Å².